The summed E-state index contributed by atoms with van der Waals surface area (Å²) in [7, 11) is 1.59. The smallest absolute Gasteiger partial charge is 0.407 e. The quantitative estimate of drug-likeness (QED) is 0.662. The van der Waals surface area contributed by atoms with Crippen LogP contribution in [-0.2, 0) is 9.47 Å². The van der Waals surface area contributed by atoms with Gasteiger partial charge in [-0.05, 0) is 13.8 Å². The summed E-state index contributed by atoms with van der Waals surface area (Å²) in [4.78, 5) is 10.7. The first-order valence-electron chi connectivity index (χ1n) is 3.63. The van der Waals surface area contributed by atoms with Crippen LogP contribution in [-0.4, -0.2) is 32.5 Å². The molecular formula is C7H15NO3. The number of alkyl carbamates (subject to hydrolysis) is 1. The van der Waals surface area contributed by atoms with E-state index in [0.717, 1.165) is 0 Å². The van der Waals surface area contributed by atoms with Crippen LogP contribution in [0.1, 0.15) is 13.8 Å². The molecule has 0 aromatic carbocycles. The fourth-order valence-corrected chi connectivity index (χ4v) is 0.666. The second-order valence-electron chi connectivity index (χ2n) is 2.22. The fraction of sp³-hybridized carbons (Fsp3) is 0.857. The first kappa shape index (κ1) is 10.2. The number of hydrogen-bond donors (Lipinski definition) is 1. The molecule has 4 nitrogen and oxygen atoms in total. The lowest BCUT2D eigenvalue weighted by Gasteiger charge is -2.11. The maximum Gasteiger partial charge on any atom is 0.407 e. The van der Waals surface area contributed by atoms with Crippen molar-refractivity contribution in [2.45, 2.75) is 19.9 Å². The van der Waals surface area contributed by atoms with Crippen molar-refractivity contribution in [3.63, 3.8) is 0 Å². The Kier molecular flexibility index (Phi) is 5.56. The van der Waals surface area contributed by atoms with Crippen LogP contribution in [0.4, 0.5) is 4.79 Å². The molecule has 0 aliphatic heterocycles. The molecule has 1 atom stereocenters. The maximum absolute atomic E-state index is 10.7. The average molecular weight is 161 g/mol. The molecule has 0 fully saturated rings. The van der Waals surface area contributed by atoms with Gasteiger partial charge in [-0.2, -0.15) is 0 Å². The van der Waals surface area contributed by atoms with Crippen molar-refractivity contribution in [3.05, 3.63) is 0 Å². The van der Waals surface area contributed by atoms with Crippen LogP contribution in [0.5, 0.6) is 0 Å². The summed E-state index contributed by atoms with van der Waals surface area (Å²) >= 11 is 0. The normalized spacial score (nSPS) is 12.3. The molecule has 0 spiro atoms. The first-order valence-corrected chi connectivity index (χ1v) is 3.63. The number of rotatable bonds is 4. The predicted molar refractivity (Wildman–Crippen MR) is 41.5 cm³/mol. The third kappa shape index (κ3) is 5.66. The highest BCUT2D eigenvalue weighted by Crippen LogP contribution is 1.84. The van der Waals surface area contributed by atoms with Gasteiger partial charge in [0.05, 0.1) is 19.3 Å². The summed E-state index contributed by atoms with van der Waals surface area (Å²) in [6, 6.07) is -0.000880. The number of hydrogen-bond acceptors (Lipinski definition) is 3. The molecule has 0 heterocycles. The molecule has 4 heteroatoms. The summed E-state index contributed by atoms with van der Waals surface area (Å²) in [5.41, 5.74) is 0. The molecule has 0 rings (SSSR count). The van der Waals surface area contributed by atoms with Crippen molar-refractivity contribution in [2.75, 3.05) is 20.3 Å². The van der Waals surface area contributed by atoms with Crippen molar-refractivity contribution >= 4 is 6.09 Å². The topological polar surface area (TPSA) is 47.6 Å². The average Bonchev–Trinajstić information content (AvgIpc) is 1.87. The zero-order valence-electron chi connectivity index (χ0n) is 7.22. The van der Waals surface area contributed by atoms with Crippen molar-refractivity contribution in [3.8, 4) is 0 Å². The molecule has 0 saturated carbocycles. The summed E-state index contributed by atoms with van der Waals surface area (Å²) in [5, 5.41) is 2.60. The van der Waals surface area contributed by atoms with E-state index >= 15 is 0 Å². The first-order chi connectivity index (χ1) is 5.20. The number of amides is 1. The Balaban J connectivity index is 3.40. The minimum absolute atomic E-state index is 0.000880. The molecule has 66 valence electrons. The predicted octanol–water partition coefficient (Wildman–Crippen LogP) is 0.767. The van der Waals surface area contributed by atoms with Crippen LogP contribution in [0.3, 0.4) is 0 Å². The molecule has 1 amide bonds. The Hall–Kier alpha value is -0.770. The van der Waals surface area contributed by atoms with Gasteiger partial charge in [-0.25, -0.2) is 4.79 Å². The minimum atomic E-state index is -0.392. The highest BCUT2D eigenvalue weighted by molar-refractivity contribution is 5.67. The van der Waals surface area contributed by atoms with E-state index in [1.807, 2.05) is 6.92 Å². The standard InChI is InChI=1S/C7H15NO3/c1-4-11-7(9)8-6(2)5-10-3/h6H,4-5H2,1-3H3,(H,8,9). The summed E-state index contributed by atoms with van der Waals surface area (Å²) in [5.74, 6) is 0. The highest BCUT2D eigenvalue weighted by atomic mass is 16.5. The van der Waals surface area contributed by atoms with Gasteiger partial charge in [0, 0.05) is 7.11 Å². The molecule has 0 saturated heterocycles. The van der Waals surface area contributed by atoms with Gasteiger partial charge in [0.15, 0.2) is 0 Å². The van der Waals surface area contributed by atoms with Crippen molar-refractivity contribution < 1.29 is 14.3 Å². The van der Waals surface area contributed by atoms with E-state index in [4.69, 9.17) is 4.74 Å². The molecule has 0 radical (unpaired) electrons. The lowest BCUT2D eigenvalue weighted by atomic mass is 10.4. The van der Waals surface area contributed by atoms with E-state index in [1.165, 1.54) is 0 Å². The summed E-state index contributed by atoms with van der Waals surface area (Å²) in [6.45, 7) is 4.51. The van der Waals surface area contributed by atoms with E-state index in [0.29, 0.717) is 13.2 Å². The van der Waals surface area contributed by atoms with Crippen LogP contribution in [0.2, 0.25) is 0 Å². The van der Waals surface area contributed by atoms with E-state index in [2.05, 4.69) is 10.1 Å². The monoisotopic (exact) mass is 161 g/mol. The minimum Gasteiger partial charge on any atom is -0.450 e. The Labute approximate surface area is 66.9 Å². The molecule has 0 aliphatic carbocycles. The molecule has 0 aromatic heterocycles. The van der Waals surface area contributed by atoms with Crippen molar-refractivity contribution in [2.24, 2.45) is 0 Å². The van der Waals surface area contributed by atoms with Gasteiger partial charge < -0.3 is 14.8 Å². The molecular weight excluding hydrogens is 146 g/mol. The third-order valence-corrected chi connectivity index (χ3v) is 1.06. The van der Waals surface area contributed by atoms with Crippen LogP contribution < -0.4 is 5.32 Å². The number of methoxy groups -OCH3 is 1. The number of carbonyl (C=O) groups excluding carboxylic acids is 1. The van der Waals surface area contributed by atoms with Gasteiger partial charge in [0.2, 0.25) is 0 Å². The second kappa shape index (κ2) is 5.97. The zero-order valence-corrected chi connectivity index (χ0v) is 7.22. The Bertz CT molecular complexity index is 116. The maximum atomic E-state index is 10.7. The van der Waals surface area contributed by atoms with Crippen LogP contribution in [0, 0.1) is 0 Å². The molecule has 0 bridgehead atoms. The van der Waals surface area contributed by atoms with Crippen LogP contribution in [0.25, 0.3) is 0 Å². The van der Waals surface area contributed by atoms with Crippen molar-refractivity contribution in [1.82, 2.24) is 5.32 Å². The van der Waals surface area contributed by atoms with Gasteiger partial charge in [-0.15, -0.1) is 0 Å². The summed E-state index contributed by atoms with van der Waals surface area (Å²) in [6.07, 6.45) is -0.392. The van der Waals surface area contributed by atoms with Crippen molar-refractivity contribution in [1.29, 1.82) is 0 Å². The van der Waals surface area contributed by atoms with Gasteiger partial charge >= 0.3 is 6.09 Å². The molecule has 0 aliphatic rings. The Morgan fingerprint density at radius 3 is 2.73 bits per heavy atom. The highest BCUT2D eigenvalue weighted by Gasteiger charge is 2.05. The summed E-state index contributed by atoms with van der Waals surface area (Å²) < 4.78 is 9.47. The largest absolute Gasteiger partial charge is 0.450 e. The fourth-order valence-electron chi connectivity index (χ4n) is 0.666. The number of nitrogens with one attached hydrogen (secondary N) is 1. The second-order valence-corrected chi connectivity index (χ2v) is 2.22. The Morgan fingerprint density at radius 1 is 1.64 bits per heavy atom. The lowest BCUT2D eigenvalue weighted by Crippen LogP contribution is -2.35. The molecule has 1 N–H and O–H groups in total. The third-order valence-electron chi connectivity index (χ3n) is 1.06. The molecule has 1 unspecified atom stereocenters. The van der Waals surface area contributed by atoms with E-state index in [9.17, 15) is 4.79 Å². The van der Waals surface area contributed by atoms with E-state index < -0.39 is 6.09 Å². The van der Waals surface area contributed by atoms with Gasteiger partial charge in [0.1, 0.15) is 0 Å². The van der Waals surface area contributed by atoms with E-state index in [1.54, 1.807) is 14.0 Å². The Morgan fingerprint density at radius 2 is 2.27 bits per heavy atom. The number of ether oxygens (including phenoxy) is 2. The molecule has 11 heavy (non-hydrogen) atoms. The van der Waals surface area contributed by atoms with Gasteiger partial charge in [-0.1, -0.05) is 0 Å². The van der Waals surface area contributed by atoms with Gasteiger partial charge in [0.25, 0.3) is 0 Å². The van der Waals surface area contributed by atoms with Crippen LogP contribution >= 0.6 is 0 Å². The lowest BCUT2D eigenvalue weighted by molar-refractivity contribution is 0.132. The van der Waals surface area contributed by atoms with E-state index in [-0.39, 0.29) is 6.04 Å². The number of carbonyl (C=O) groups is 1. The zero-order chi connectivity index (χ0) is 8.69. The van der Waals surface area contributed by atoms with Crippen LogP contribution in [0.15, 0.2) is 0 Å². The SMILES string of the molecule is CCOC(=O)NC(C)COC. The van der Waals surface area contributed by atoms with Gasteiger partial charge in [-0.3, -0.25) is 0 Å². The molecule has 0 aromatic rings.